The topological polar surface area (TPSA) is 146 Å². The van der Waals surface area contributed by atoms with Crippen molar-refractivity contribution in [1.82, 2.24) is 20.0 Å². The van der Waals surface area contributed by atoms with Crippen LogP contribution in [0.5, 0.6) is 0 Å². The normalized spacial score (nSPS) is 15.8. The second-order valence-electron chi connectivity index (χ2n) is 11.5. The third kappa shape index (κ3) is 40.7. The molecule has 1 aliphatic heterocycles. The van der Waals surface area contributed by atoms with Crippen LogP contribution in [0.1, 0.15) is 67.2 Å². The van der Waals surface area contributed by atoms with Gasteiger partial charge >= 0.3 is 0 Å². The zero-order chi connectivity index (χ0) is 35.1. The number of carbonyl (C=O) groups is 4. The van der Waals surface area contributed by atoms with Gasteiger partial charge in [-0.05, 0) is 100 Å². The van der Waals surface area contributed by atoms with E-state index < -0.39 is 0 Å². The summed E-state index contributed by atoms with van der Waals surface area (Å²) in [5, 5.41) is 11.4. The molecule has 1 heterocycles. The van der Waals surface area contributed by atoms with Gasteiger partial charge in [0.2, 0.25) is 18.7 Å². The van der Waals surface area contributed by atoms with Crippen LogP contribution in [0, 0.1) is 5.92 Å². The molecule has 0 aromatic heterocycles. The summed E-state index contributed by atoms with van der Waals surface area (Å²) in [7, 11) is 7.66. The third-order valence-electron chi connectivity index (χ3n) is 5.60. The van der Waals surface area contributed by atoms with Crippen LogP contribution in [-0.2, 0) is 23.9 Å². The van der Waals surface area contributed by atoms with Crippen molar-refractivity contribution in [2.75, 3.05) is 47.8 Å². The van der Waals surface area contributed by atoms with Crippen molar-refractivity contribution in [3.8, 4) is 0 Å². The first kappa shape index (κ1) is 47.5. The van der Waals surface area contributed by atoms with Crippen LogP contribution in [0.4, 0.5) is 0 Å². The van der Waals surface area contributed by atoms with E-state index >= 15 is 0 Å². The SMILES string of the molecule is C=C/C=C(\C)O.C=CC1CC1.CC(C)(C)OC=O.CC1CCCN1C=O.CNC(C)CN(C)C(=O)/C=C/CN(C)C.NC=O. The molecule has 1 saturated carbocycles. The summed E-state index contributed by atoms with van der Waals surface area (Å²) >= 11 is 0. The molecule has 0 bridgehead atoms. The lowest BCUT2D eigenvalue weighted by molar-refractivity contribution is -0.138. The minimum Gasteiger partial charge on any atom is -0.513 e. The molecule has 11 nitrogen and oxygen atoms in total. The third-order valence-corrected chi connectivity index (χ3v) is 5.60. The van der Waals surface area contributed by atoms with Crippen molar-refractivity contribution in [3.05, 3.63) is 49.3 Å². The number of primary amides is 1. The summed E-state index contributed by atoms with van der Waals surface area (Å²) in [4.78, 5) is 45.5. The van der Waals surface area contributed by atoms with Gasteiger partial charge in [0.1, 0.15) is 5.60 Å². The molecule has 0 radical (unpaired) electrons. The second kappa shape index (κ2) is 31.0. The van der Waals surface area contributed by atoms with Crippen LogP contribution >= 0.6 is 0 Å². The number of rotatable bonds is 10. The Morgan fingerprint density at radius 1 is 1.16 bits per heavy atom. The molecule has 2 rings (SSSR count). The van der Waals surface area contributed by atoms with E-state index in [1.54, 1.807) is 17.9 Å². The van der Waals surface area contributed by atoms with Gasteiger partial charge in [0.05, 0.1) is 5.76 Å². The zero-order valence-corrected chi connectivity index (χ0v) is 29.1. The van der Waals surface area contributed by atoms with Gasteiger partial charge in [-0.15, -0.1) is 6.58 Å². The van der Waals surface area contributed by atoms with E-state index in [2.05, 4.69) is 35.9 Å². The van der Waals surface area contributed by atoms with Crippen LogP contribution in [0.3, 0.4) is 0 Å². The number of allylic oxidation sites excluding steroid dienone is 4. The molecular formula is C33H63N5O6. The molecule has 4 N–H and O–H groups in total. The zero-order valence-electron chi connectivity index (χ0n) is 29.1. The second-order valence-corrected chi connectivity index (χ2v) is 11.5. The van der Waals surface area contributed by atoms with Crippen molar-refractivity contribution in [2.45, 2.75) is 84.9 Å². The van der Waals surface area contributed by atoms with Gasteiger partial charge in [-0.1, -0.05) is 24.8 Å². The van der Waals surface area contributed by atoms with E-state index in [4.69, 9.17) is 9.90 Å². The number of nitrogens with one attached hydrogen (secondary N) is 1. The van der Waals surface area contributed by atoms with Gasteiger partial charge in [-0.2, -0.15) is 0 Å². The summed E-state index contributed by atoms with van der Waals surface area (Å²) < 4.78 is 4.55. The highest BCUT2D eigenvalue weighted by molar-refractivity contribution is 5.87. The lowest BCUT2D eigenvalue weighted by Crippen LogP contribution is -2.38. The lowest BCUT2D eigenvalue weighted by Gasteiger charge is -2.19. The molecule has 2 atom stereocenters. The largest absolute Gasteiger partial charge is 0.513 e. The molecule has 0 aromatic carbocycles. The smallest absolute Gasteiger partial charge is 0.293 e. The Balaban J connectivity index is -0.000000235. The molecule has 256 valence electrons. The number of aliphatic hydroxyl groups excluding tert-OH is 1. The quantitative estimate of drug-likeness (QED) is 0.108. The Labute approximate surface area is 267 Å². The Hall–Kier alpha value is -3.44. The van der Waals surface area contributed by atoms with Crippen molar-refractivity contribution < 1.29 is 29.0 Å². The van der Waals surface area contributed by atoms with E-state index in [-0.39, 0.29) is 17.9 Å². The molecule has 2 unspecified atom stereocenters. The molecule has 2 aliphatic rings. The fourth-order valence-electron chi connectivity index (χ4n) is 2.84. The van der Waals surface area contributed by atoms with E-state index in [0.29, 0.717) is 24.3 Å². The predicted octanol–water partition coefficient (Wildman–Crippen LogP) is 4.07. The maximum atomic E-state index is 11.6. The Kier molecular flexibility index (Phi) is 33.5. The summed E-state index contributed by atoms with van der Waals surface area (Å²) in [5.74, 6) is 1.25. The Bertz CT molecular complexity index is 816. The van der Waals surface area contributed by atoms with Crippen LogP contribution < -0.4 is 11.1 Å². The molecule has 1 aliphatic carbocycles. The number of hydrogen-bond donors (Lipinski definition) is 3. The number of nitrogens with two attached hydrogens (primary N) is 1. The standard InChI is InChI=1S/C11H23N3O.C6H11NO.C5H10O2.C5H8O.C5H8.CH3NO/c1-10(12-2)9-14(5)11(15)7-6-8-13(3)4;1-6-3-2-4-7(6)5-8;1-5(2,3)7-4-6;1-3-4-5(2)6;1-2-5-3-4-5;2-1-3/h6-7,10,12H,8-9H2,1-5H3;5-6H,2-4H2,1H3;4H,1-3H3;3-4,6H,1H2,2H3;2,5H,1,3-4H2;1H,(H2,2,3)/b7-6+;;;5-4+;;. The van der Waals surface area contributed by atoms with Gasteiger partial charge in [0.15, 0.2) is 0 Å². The summed E-state index contributed by atoms with van der Waals surface area (Å²) in [5.41, 5.74) is 3.85. The number of ether oxygens (including phenoxy) is 1. The van der Waals surface area contributed by atoms with Gasteiger partial charge in [-0.25, -0.2) is 0 Å². The monoisotopic (exact) mass is 625 g/mol. The Morgan fingerprint density at radius 2 is 1.70 bits per heavy atom. The molecule has 11 heteroatoms. The molecule has 44 heavy (non-hydrogen) atoms. The van der Waals surface area contributed by atoms with Crippen molar-refractivity contribution >= 4 is 25.2 Å². The molecule has 1 saturated heterocycles. The maximum absolute atomic E-state index is 11.6. The number of nitrogens with zero attached hydrogens (tertiary/aromatic N) is 3. The average Bonchev–Trinajstić information content (AvgIpc) is 3.68. The number of carbonyl (C=O) groups excluding carboxylic acids is 4. The highest BCUT2D eigenvalue weighted by Gasteiger charge is 2.17. The van der Waals surface area contributed by atoms with Gasteiger partial charge in [0, 0.05) is 44.8 Å². The highest BCUT2D eigenvalue weighted by Crippen LogP contribution is 2.28. The number of amides is 3. The maximum Gasteiger partial charge on any atom is 0.293 e. The van der Waals surface area contributed by atoms with Crippen LogP contribution in [0.15, 0.2) is 49.3 Å². The van der Waals surface area contributed by atoms with Gasteiger partial charge in [-0.3, -0.25) is 19.2 Å². The summed E-state index contributed by atoms with van der Waals surface area (Å²) in [6.07, 6.45) is 14.9. The fraction of sp³-hybridized carbons (Fsp3) is 0.636. The number of aliphatic hydroxyl groups is 1. The van der Waals surface area contributed by atoms with E-state index in [0.717, 1.165) is 32.0 Å². The van der Waals surface area contributed by atoms with Crippen LogP contribution in [0.2, 0.25) is 0 Å². The fourth-order valence-corrected chi connectivity index (χ4v) is 2.84. The summed E-state index contributed by atoms with van der Waals surface area (Å²) in [6.45, 7) is 21.1. The van der Waals surface area contributed by atoms with Gasteiger partial charge < -0.3 is 35.6 Å². The average molecular weight is 626 g/mol. The van der Waals surface area contributed by atoms with Crippen molar-refractivity contribution in [3.63, 3.8) is 0 Å². The highest BCUT2D eigenvalue weighted by atomic mass is 16.5. The Morgan fingerprint density at radius 3 is 1.91 bits per heavy atom. The summed E-state index contributed by atoms with van der Waals surface area (Å²) in [6, 6.07) is 0.814. The van der Waals surface area contributed by atoms with E-state index in [9.17, 15) is 14.4 Å². The molecule has 0 spiro atoms. The lowest BCUT2D eigenvalue weighted by atomic mass is 10.2. The molecular weight excluding hydrogens is 562 g/mol. The van der Waals surface area contributed by atoms with Crippen LogP contribution in [0.25, 0.3) is 0 Å². The molecule has 2 fully saturated rings. The first-order chi connectivity index (χ1) is 20.5. The molecule has 0 aromatic rings. The van der Waals surface area contributed by atoms with Crippen LogP contribution in [-0.4, -0.2) is 111 Å². The number of likely N-dealkylation sites (tertiary alicyclic amines) is 1. The van der Waals surface area contributed by atoms with Crippen molar-refractivity contribution in [1.29, 1.82) is 0 Å². The number of hydrogen-bond acceptors (Lipinski definition) is 8. The minimum atomic E-state index is -0.318. The van der Waals surface area contributed by atoms with E-state index in [1.165, 1.54) is 37.8 Å². The molecule has 3 amide bonds. The van der Waals surface area contributed by atoms with Gasteiger partial charge in [0.25, 0.3) is 6.47 Å². The van der Waals surface area contributed by atoms with Crippen molar-refractivity contribution in [2.24, 2.45) is 11.7 Å². The first-order valence-electron chi connectivity index (χ1n) is 14.8. The van der Waals surface area contributed by atoms with E-state index in [1.807, 2.05) is 77.8 Å². The first-order valence-corrected chi connectivity index (χ1v) is 14.8. The minimum absolute atomic E-state index is 0.0546. The number of likely N-dealkylation sites (N-methyl/N-ethyl adjacent to an activating group) is 3. The predicted molar refractivity (Wildman–Crippen MR) is 182 cm³/mol.